The first-order valence-corrected chi connectivity index (χ1v) is 8.60. The molecule has 0 fully saturated rings. The van der Waals surface area contributed by atoms with Gasteiger partial charge in [0.05, 0.1) is 0 Å². The van der Waals surface area contributed by atoms with Crippen molar-refractivity contribution in [2.75, 3.05) is 13.2 Å². The summed E-state index contributed by atoms with van der Waals surface area (Å²) in [6.07, 6.45) is 13.5. The summed E-state index contributed by atoms with van der Waals surface area (Å²) in [6.45, 7) is 13.4. The van der Waals surface area contributed by atoms with Crippen LogP contribution < -0.4 is 0 Å². The van der Waals surface area contributed by atoms with Crippen LogP contribution in [0.4, 0.5) is 0 Å². The molecule has 0 aromatic carbocycles. The minimum Gasteiger partial charge on any atom is -0.353 e. The lowest BCUT2D eigenvalue weighted by atomic mass is 10.1. The van der Waals surface area contributed by atoms with Gasteiger partial charge >= 0.3 is 0 Å². The van der Waals surface area contributed by atoms with E-state index in [1.807, 2.05) is 19.9 Å². The molecule has 0 aliphatic rings. The normalized spacial score (nSPS) is 10.2. The molecule has 0 radical (unpaired) electrons. The molecule has 20 heavy (non-hydrogen) atoms. The predicted octanol–water partition coefficient (Wildman–Crippen LogP) is 6.11. The summed E-state index contributed by atoms with van der Waals surface area (Å²) < 4.78 is 11.0. The molecule has 122 valence electrons. The molecular weight excluding hydrogens is 248 g/mol. The van der Waals surface area contributed by atoms with Crippen LogP contribution in [0.25, 0.3) is 0 Å². The zero-order chi connectivity index (χ0) is 15.5. The Labute approximate surface area is 127 Å². The van der Waals surface area contributed by atoms with E-state index in [1.165, 1.54) is 44.9 Å². The van der Waals surface area contributed by atoms with Gasteiger partial charge in [0.2, 0.25) is 0 Å². The molecule has 0 bridgehead atoms. The number of rotatable bonds is 13. The number of unbranched alkanes of at least 4 members (excludes halogenated alkanes) is 6. The van der Waals surface area contributed by atoms with Gasteiger partial charge in [0.25, 0.3) is 0 Å². The zero-order valence-electron chi connectivity index (χ0n) is 14.5. The van der Waals surface area contributed by atoms with Crippen molar-refractivity contribution >= 4 is 0 Å². The van der Waals surface area contributed by atoms with E-state index in [0.717, 1.165) is 26.1 Å². The fraction of sp³-hybridized carbons (Fsp3) is 0.889. The van der Waals surface area contributed by atoms with Gasteiger partial charge in [-0.05, 0) is 33.1 Å². The Kier molecular flexibility index (Phi) is 23.0. The lowest BCUT2D eigenvalue weighted by Crippen LogP contribution is -2.17. The highest BCUT2D eigenvalue weighted by Crippen LogP contribution is 2.11. The Morgan fingerprint density at radius 1 is 0.800 bits per heavy atom. The van der Waals surface area contributed by atoms with Crippen LogP contribution >= 0.6 is 0 Å². The third kappa shape index (κ3) is 20.0. The molecule has 0 aliphatic heterocycles. The Morgan fingerprint density at radius 3 is 1.65 bits per heavy atom. The van der Waals surface area contributed by atoms with Gasteiger partial charge in [-0.1, -0.05) is 58.4 Å². The molecule has 0 rings (SSSR count). The van der Waals surface area contributed by atoms with E-state index < -0.39 is 0 Å². The molecule has 2 heteroatoms. The summed E-state index contributed by atoms with van der Waals surface area (Å²) in [5.41, 5.74) is 0. The summed E-state index contributed by atoms with van der Waals surface area (Å²) in [5, 5.41) is 0. The number of allylic oxidation sites excluding steroid dienone is 1. The van der Waals surface area contributed by atoms with Crippen LogP contribution in [-0.2, 0) is 9.47 Å². The van der Waals surface area contributed by atoms with E-state index >= 15 is 0 Å². The Bertz CT molecular complexity index is 163. The van der Waals surface area contributed by atoms with Crippen LogP contribution in [0.15, 0.2) is 12.7 Å². The lowest BCUT2D eigenvalue weighted by Gasteiger charge is -2.16. The standard InChI is InChI=1S/C14H30O2.C4H8/c1-4-7-8-9-10-11-12-13-14(15-5-2)16-6-3;1-3-4-2/h14H,4-13H2,1-3H3;3H,1,4H2,2H3. The topological polar surface area (TPSA) is 18.5 Å². The maximum Gasteiger partial charge on any atom is 0.157 e. The SMILES string of the molecule is C=CCC.CCCCCCCCCC(OCC)OCC. The third-order valence-corrected chi connectivity index (χ3v) is 3.04. The zero-order valence-corrected chi connectivity index (χ0v) is 14.5. The second-order valence-corrected chi connectivity index (χ2v) is 4.95. The van der Waals surface area contributed by atoms with Crippen molar-refractivity contribution in [1.29, 1.82) is 0 Å². The summed E-state index contributed by atoms with van der Waals surface area (Å²) >= 11 is 0. The average Bonchev–Trinajstić information content (AvgIpc) is 2.47. The fourth-order valence-corrected chi connectivity index (χ4v) is 1.85. The molecule has 0 amide bonds. The highest BCUT2D eigenvalue weighted by molar-refractivity contribution is 4.60. The van der Waals surface area contributed by atoms with Crippen LogP contribution in [0.1, 0.15) is 85.5 Å². The van der Waals surface area contributed by atoms with Crippen LogP contribution in [0, 0.1) is 0 Å². The van der Waals surface area contributed by atoms with Crippen molar-refractivity contribution in [2.24, 2.45) is 0 Å². The second kappa shape index (κ2) is 21.0. The molecule has 0 aromatic rings. The molecule has 0 N–H and O–H groups in total. The summed E-state index contributed by atoms with van der Waals surface area (Å²) in [5.74, 6) is 0. The number of hydrogen-bond acceptors (Lipinski definition) is 2. The quantitative estimate of drug-likeness (QED) is 0.231. The first-order valence-electron chi connectivity index (χ1n) is 8.60. The maximum absolute atomic E-state index is 5.51. The van der Waals surface area contributed by atoms with Gasteiger partial charge in [-0.25, -0.2) is 0 Å². The molecule has 0 saturated heterocycles. The van der Waals surface area contributed by atoms with E-state index in [9.17, 15) is 0 Å². The molecule has 0 atom stereocenters. The second-order valence-electron chi connectivity index (χ2n) is 4.95. The van der Waals surface area contributed by atoms with Gasteiger partial charge < -0.3 is 9.47 Å². The van der Waals surface area contributed by atoms with Gasteiger partial charge in [-0.2, -0.15) is 0 Å². The van der Waals surface area contributed by atoms with Crippen LogP contribution in [0.5, 0.6) is 0 Å². The van der Waals surface area contributed by atoms with E-state index in [-0.39, 0.29) is 6.29 Å². The molecule has 0 unspecified atom stereocenters. The van der Waals surface area contributed by atoms with Crippen LogP contribution in [0.3, 0.4) is 0 Å². The maximum atomic E-state index is 5.51. The Balaban J connectivity index is 0. The predicted molar refractivity (Wildman–Crippen MR) is 90.1 cm³/mol. The first-order chi connectivity index (χ1) is 9.76. The van der Waals surface area contributed by atoms with E-state index in [4.69, 9.17) is 9.47 Å². The minimum atomic E-state index is 0.0330. The molecule has 2 nitrogen and oxygen atoms in total. The van der Waals surface area contributed by atoms with Gasteiger partial charge in [0.15, 0.2) is 6.29 Å². The van der Waals surface area contributed by atoms with Crippen molar-refractivity contribution in [3.8, 4) is 0 Å². The molecule has 0 aliphatic carbocycles. The van der Waals surface area contributed by atoms with Crippen molar-refractivity contribution in [1.82, 2.24) is 0 Å². The van der Waals surface area contributed by atoms with Gasteiger partial charge in [0, 0.05) is 13.2 Å². The largest absolute Gasteiger partial charge is 0.353 e. The van der Waals surface area contributed by atoms with Crippen molar-refractivity contribution in [2.45, 2.75) is 91.8 Å². The van der Waals surface area contributed by atoms with Crippen molar-refractivity contribution < 1.29 is 9.47 Å². The van der Waals surface area contributed by atoms with Crippen LogP contribution in [-0.4, -0.2) is 19.5 Å². The Hall–Kier alpha value is -0.340. The molecular formula is C18H38O2. The molecule has 0 aromatic heterocycles. The van der Waals surface area contributed by atoms with Gasteiger partial charge in [-0.3, -0.25) is 0 Å². The van der Waals surface area contributed by atoms with E-state index in [0.29, 0.717) is 0 Å². The van der Waals surface area contributed by atoms with E-state index in [2.05, 4.69) is 20.4 Å². The van der Waals surface area contributed by atoms with Gasteiger partial charge in [-0.15, -0.1) is 6.58 Å². The highest BCUT2D eigenvalue weighted by atomic mass is 16.7. The minimum absolute atomic E-state index is 0.0330. The smallest absolute Gasteiger partial charge is 0.157 e. The average molecular weight is 286 g/mol. The third-order valence-electron chi connectivity index (χ3n) is 3.04. The highest BCUT2D eigenvalue weighted by Gasteiger charge is 2.06. The lowest BCUT2D eigenvalue weighted by molar-refractivity contribution is -0.140. The summed E-state index contributed by atoms with van der Waals surface area (Å²) in [4.78, 5) is 0. The van der Waals surface area contributed by atoms with Gasteiger partial charge in [0.1, 0.15) is 0 Å². The molecule has 0 heterocycles. The monoisotopic (exact) mass is 286 g/mol. The summed E-state index contributed by atoms with van der Waals surface area (Å²) in [6, 6.07) is 0. The summed E-state index contributed by atoms with van der Waals surface area (Å²) in [7, 11) is 0. The van der Waals surface area contributed by atoms with Crippen LogP contribution in [0.2, 0.25) is 0 Å². The molecule has 0 saturated carbocycles. The Morgan fingerprint density at radius 2 is 1.25 bits per heavy atom. The van der Waals surface area contributed by atoms with Crippen molar-refractivity contribution in [3.63, 3.8) is 0 Å². The fourth-order valence-electron chi connectivity index (χ4n) is 1.85. The van der Waals surface area contributed by atoms with E-state index in [1.54, 1.807) is 0 Å². The molecule has 0 spiro atoms. The first kappa shape index (κ1) is 21.9. The number of ether oxygens (including phenoxy) is 2. The number of hydrogen-bond donors (Lipinski definition) is 0. The van der Waals surface area contributed by atoms with Crippen molar-refractivity contribution in [3.05, 3.63) is 12.7 Å².